The van der Waals surface area contributed by atoms with E-state index in [2.05, 4.69) is 5.32 Å². The van der Waals surface area contributed by atoms with Crippen molar-refractivity contribution in [1.29, 1.82) is 0 Å². The van der Waals surface area contributed by atoms with Gasteiger partial charge in [-0.3, -0.25) is 18.7 Å². The number of fused-ring (bicyclic) bond motifs is 1. The largest absolute Gasteiger partial charge is 0.350 e. The van der Waals surface area contributed by atoms with Gasteiger partial charge in [0, 0.05) is 18.7 Å². The van der Waals surface area contributed by atoms with Crippen molar-refractivity contribution >= 4 is 16.8 Å². The highest BCUT2D eigenvalue weighted by molar-refractivity contribution is 5.81. The fraction of sp³-hybridized carbons (Fsp3) is 0.211. The molecular formula is C19H18FN3O3. The summed E-state index contributed by atoms with van der Waals surface area (Å²) in [4.78, 5) is 37.3. The molecular weight excluding hydrogens is 337 g/mol. The maximum absolute atomic E-state index is 13.6. The number of para-hydroxylation sites is 1. The first-order valence-electron chi connectivity index (χ1n) is 8.25. The Labute approximate surface area is 148 Å². The van der Waals surface area contributed by atoms with Crippen LogP contribution in [0.1, 0.15) is 12.5 Å². The maximum Gasteiger partial charge on any atom is 0.331 e. The Morgan fingerprint density at radius 2 is 1.73 bits per heavy atom. The molecule has 0 aliphatic rings. The molecule has 0 spiro atoms. The van der Waals surface area contributed by atoms with E-state index in [0.29, 0.717) is 16.5 Å². The number of hydrogen-bond acceptors (Lipinski definition) is 3. The van der Waals surface area contributed by atoms with Crippen LogP contribution < -0.4 is 16.6 Å². The predicted octanol–water partition coefficient (Wildman–Crippen LogP) is 1.64. The van der Waals surface area contributed by atoms with Gasteiger partial charge in [-0.2, -0.15) is 0 Å². The number of aromatic nitrogens is 2. The van der Waals surface area contributed by atoms with Gasteiger partial charge in [0.25, 0.3) is 5.56 Å². The highest BCUT2D eigenvalue weighted by Crippen LogP contribution is 2.08. The minimum Gasteiger partial charge on any atom is -0.350 e. The van der Waals surface area contributed by atoms with Crippen LogP contribution in [0.4, 0.5) is 4.39 Å². The fourth-order valence-corrected chi connectivity index (χ4v) is 2.84. The van der Waals surface area contributed by atoms with E-state index in [9.17, 15) is 18.8 Å². The third kappa shape index (κ3) is 3.28. The molecule has 0 saturated heterocycles. The quantitative estimate of drug-likeness (QED) is 0.756. The molecule has 134 valence electrons. The predicted molar refractivity (Wildman–Crippen MR) is 96.4 cm³/mol. The first-order chi connectivity index (χ1) is 12.5. The minimum atomic E-state index is -0.544. The monoisotopic (exact) mass is 355 g/mol. The molecule has 3 aromatic rings. The number of benzene rings is 2. The molecule has 0 atom stereocenters. The number of carbonyl (C=O) groups excluding carboxylic acids is 1. The number of hydrogen-bond donors (Lipinski definition) is 1. The summed E-state index contributed by atoms with van der Waals surface area (Å²) in [5, 5.41) is 2.98. The van der Waals surface area contributed by atoms with Gasteiger partial charge in [0.15, 0.2) is 0 Å². The molecule has 2 aromatic carbocycles. The van der Waals surface area contributed by atoms with Crippen molar-refractivity contribution in [1.82, 2.24) is 14.5 Å². The SMILES string of the molecule is CCn1c(=O)c2ccccc2n(CC(=O)NCc2ccccc2F)c1=O. The highest BCUT2D eigenvalue weighted by atomic mass is 19.1. The van der Waals surface area contributed by atoms with Crippen LogP contribution in [0.5, 0.6) is 0 Å². The van der Waals surface area contributed by atoms with Gasteiger partial charge in [-0.25, -0.2) is 9.18 Å². The lowest BCUT2D eigenvalue weighted by molar-refractivity contribution is -0.121. The van der Waals surface area contributed by atoms with Crippen LogP contribution in [0.25, 0.3) is 10.9 Å². The number of nitrogens with zero attached hydrogens (tertiary/aromatic N) is 2. The molecule has 6 nitrogen and oxygen atoms in total. The number of amides is 1. The topological polar surface area (TPSA) is 73.1 Å². The van der Waals surface area contributed by atoms with Gasteiger partial charge in [0.2, 0.25) is 5.91 Å². The zero-order valence-corrected chi connectivity index (χ0v) is 14.2. The first kappa shape index (κ1) is 17.6. The second kappa shape index (κ2) is 7.35. The molecule has 3 rings (SSSR count). The van der Waals surface area contributed by atoms with E-state index in [1.807, 2.05) is 0 Å². The summed E-state index contributed by atoms with van der Waals surface area (Å²) >= 11 is 0. The van der Waals surface area contributed by atoms with Crippen molar-refractivity contribution < 1.29 is 9.18 Å². The van der Waals surface area contributed by atoms with Crippen LogP contribution >= 0.6 is 0 Å². The van der Waals surface area contributed by atoms with Gasteiger partial charge < -0.3 is 5.32 Å². The van der Waals surface area contributed by atoms with Crippen LogP contribution in [0.3, 0.4) is 0 Å². The molecule has 1 amide bonds. The van der Waals surface area contributed by atoms with Crippen LogP contribution in [0, 0.1) is 5.82 Å². The summed E-state index contributed by atoms with van der Waals surface area (Å²) in [6, 6.07) is 12.8. The highest BCUT2D eigenvalue weighted by Gasteiger charge is 2.14. The van der Waals surface area contributed by atoms with E-state index in [1.54, 1.807) is 49.4 Å². The third-order valence-electron chi connectivity index (χ3n) is 4.18. The van der Waals surface area contributed by atoms with E-state index >= 15 is 0 Å². The average Bonchev–Trinajstić information content (AvgIpc) is 2.65. The van der Waals surface area contributed by atoms with Gasteiger partial charge in [-0.05, 0) is 25.1 Å². The van der Waals surface area contributed by atoms with Crippen molar-refractivity contribution in [2.24, 2.45) is 0 Å². The summed E-state index contributed by atoms with van der Waals surface area (Å²) in [6.07, 6.45) is 0. The van der Waals surface area contributed by atoms with Gasteiger partial charge in [0.05, 0.1) is 10.9 Å². The lowest BCUT2D eigenvalue weighted by atomic mass is 10.2. The van der Waals surface area contributed by atoms with Crippen molar-refractivity contribution in [2.45, 2.75) is 26.6 Å². The van der Waals surface area contributed by atoms with E-state index < -0.39 is 17.4 Å². The Morgan fingerprint density at radius 1 is 1.04 bits per heavy atom. The van der Waals surface area contributed by atoms with Crippen molar-refractivity contribution in [2.75, 3.05) is 0 Å². The van der Waals surface area contributed by atoms with E-state index in [0.717, 1.165) is 4.57 Å². The van der Waals surface area contributed by atoms with E-state index in [-0.39, 0.29) is 25.2 Å². The molecule has 1 heterocycles. The van der Waals surface area contributed by atoms with E-state index in [1.165, 1.54) is 10.6 Å². The number of carbonyl (C=O) groups is 1. The van der Waals surface area contributed by atoms with Crippen LogP contribution in [-0.2, 0) is 24.4 Å². The fourth-order valence-electron chi connectivity index (χ4n) is 2.84. The van der Waals surface area contributed by atoms with Crippen molar-refractivity contribution in [3.05, 3.63) is 80.7 Å². The Bertz CT molecular complexity index is 1090. The number of nitrogens with one attached hydrogen (secondary N) is 1. The third-order valence-corrected chi connectivity index (χ3v) is 4.18. The zero-order chi connectivity index (χ0) is 18.7. The minimum absolute atomic E-state index is 0.0195. The average molecular weight is 355 g/mol. The van der Waals surface area contributed by atoms with E-state index in [4.69, 9.17) is 0 Å². The Balaban J connectivity index is 1.91. The molecule has 0 aliphatic carbocycles. The molecule has 0 fully saturated rings. The van der Waals surface area contributed by atoms with Crippen molar-refractivity contribution in [3.8, 4) is 0 Å². The Morgan fingerprint density at radius 3 is 2.46 bits per heavy atom. The maximum atomic E-state index is 13.6. The summed E-state index contributed by atoms with van der Waals surface area (Å²) in [6.45, 7) is 1.67. The van der Waals surface area contributed by atoms with Crippen LogP contribution in [0.15, 0.2) is 58.1 Å². The summed E-state index contributed by atoms with van der Waals surface area (Å²) in [5.74, 6) is -0.850. The second-order valence-corrected chi connectivity index (χ2v) is 5.80. The molecule has 1 N–H and O–H groups in total. The van der Waals surface area contributed by atoms with Gasteiger partial charge >= 0.3 is 5.69 Å². The molecule has 0 radical (unpaired) electrons. The molecule has 26 heavy (non-hydrogen) atoms. The van der Waals surface area contributed by atoms with Crippen LogP contribution in [-0.4, -0.2) is 15.0 Å². The smallest absolute Gasteiger partial charge is 0.331 e. The lowest BCUT2D eigenvalue weighted by Crippen LogP contribution is -2.42. The molecule has 0 unspecified atom stereocenters. The van der Waals surface area contributed by atoms with Gasteiger partial charge in [0.1, 0.15) is 12.4 Å². The summed E-state index contributed by atoms with van der Waals surface area (Å²) in [5.41, 5.74) is -0.168. The summed E-state index contributed by atoms with van der Waals surface area (Å²) < 4.78 is 16.0. The summed E-state index contributed by atoms with van der Waals surface area (Å²) in [7, 11) is 0. The molecule has 7 heteroatoms. The second-order valence-electron chi connectivity index (χ2n) is 5.80. The van der Waals surface area contributed by atoms with Gasteiger partial charge in [-0.15, -0.1) is 0 Å². The molecule has 0 aliphatic heterocycles. The number of halogens is 1. The normalized spacial score (nSPS) is 10.8. The molecule has 0 bridgehead atoms. The standard InChI is InChI=1S/C19H18FN3O3/c1-2-22-18(25)14-8-4-6-10-16(14)23(19(22)26)12-17(24)21-11-13-7-3-5-9-15(13)20/h3-10H,2,11-12H2,1H3,(H,21,24). The lowest BCUT2D eigenvalue weighted by Gasteiger charge is -2.13. The van der Waals surface area contributed by atoms with Crippen molar-refractivity contribution in [3.63, 3.8) is 0 Å². The Kier molecular flexibility index (Phi) is 4.97. The first-order valence-corrected chi connectivity index (χ1v) is 8.25. The van der Waals surface area contributed by atoms with Crippen LogP contribution in [0.2, 0.25) is 0 Å². The molecule has 0 saturated carbocycles. The van der Waals surface area contributed by atoms with Gasteiger partial charge in [-0.1, -0.05) is 30.3 Å². The Hall–Kier alpha value is -3.22. The molecule has 1 aromatic heterocycles. The number of rotatable bonds is 5. The zero-order valence-electron chi connectivity index (χ0n) is 14.2.